The van der Waals surface area contributed by atoms with Crippen molar-refractivity contribution in [1.82, 2.24) is 24.9 Å². The van der Waals surface area contributed by atoms with Crippen molar-refractivity contribution in [1.29, 1.82) is 0 Å². The minimum Gasteiger partial charge on any atom is -0.337 e. The lowest BCUT2D eigenvalue weighted by atomic mass is 9.83. The lowest BCUT2D eigenvalue weighted by molar-refractivity contribution is -0.136. The van der Waals surface area contributed by atoms with Gasteiger partial charge in [-0.2, -0.15) is 5.10 Å². The van der Waals surface area contributed by atoms with E-state index in [0.717, 1.165) is 12.8 Å². The Morgan fingerprint density at radius 2 is 1.97 bits per heavy atom. The lowest BCUT2D eigenvalue weighted by Crippen LogP contribution is -2.58. The van der Waals surface area contributed by atoms with Crippen molar-refractivity contribution in [2.45, 2.75) is 51.5 Å². The Balaban J connectivity index is 1.52. The molecule has 3 aliphatic rings. The molecule has 0 atom stereocenters. The summed E-state index contributed by atoms with van der Waals surface area (Å²) in [5.74, 6) is 0.469. The van der Waals surface area contributed by atoms with Gasteiger partial charge in [-0.15, -0.1) is 5.10 Å². The Morgan fingerprint density at radius 1 is 1.24 bits per heavy atom. The highest BCUT2D eigenvalue weighted by atomic mass is 16.2. The van der Waals surface area contributed by atoms with Crippen molar-refractivity contribution in [3.63, 3.8) is 0 Å². The second-order valence-corrected chi connectivity index (χ2v) is 8.93. The zero-order valence-electron chi connectivity index (χ0n) is 17.2. The maximum absolute atomic E-state index is 13.4. The summed E-state index contributed by atoms with van der Waals surface area (Å²) in [6, 6.07) is 3.19. The van der Waals surface area contributed by atoms with Crippen molar-refractivity contribution in [3.05, 3.63) is 24.0 Å². The molecule has 0 N–H and O–H groups in total. The SMILES string of the molecule is CC(C)CN1C(=O)N(CC2CCC2)C(=O)C12CCN(C(=O)c1cccnn1)CC2. The van der Waals surface area contributed by atoms with Gasteiger partial charge in [-0.1, -0.05) is 20.3 Å². The molecule has 1 aliphatic carbocycles. The molecular weight excluding hydrogens is 370 g/mol. The summed E-state index contributed by atoms with van der Waals surface area (Å²) in [6.45, 7) is 6.08. The first kappa shape index (κ1) is 19.8. The summed E-state index contributed by atoms with van der Waals surface area (Å²) in [5.41, 5.74) is -0.507. The fourth-order valence-corrected chi connectivity index (χ4v) is 4.64. The summed E-state index contributed by atoms with van der Waals surface area (Å²) in [5, 5.41) is 7.68. The number of piperidine rings is 1. The summed E-state index contributed by atoms with van der Waals surface area (Å²) < 4.78 is 0. The van der Waals surface area contributed by atoms with Crippen LogP contribution in [0.1, 0.15) is 56.4 Å². The smallest absolute Gasteiger partial charge is 0.327 e. The first-order chi connectivity index (χ1) is 13.9. The Morgan fingerprint density at radius 3 is 2.52 bits per heavy atom. The van der Waals surface area contributed by atoms with Gasteiger partial charge in [-0.05, 0) is 49.7 Å². The number of nitrogens with zero attached hydrogens (tertiary/aromatic N) is 5. The van der Waals surface area contributed by atoms with Crippen molar-refractivity contribution in [3.8, 4) is 0 Å². The van der Waals surface area contributed by atoms with Gasteiger partial charge in [0.1, 0.15) is 5.54 Å². The van der Waals surface area contributed by atoms with Crippen LogP contribution in [0.4, 0.5) is 4.79 Å². The maximum atomic E-state index is 13.4. The van der Waals surface area contributed by atoms with Gasteiger partial charge >= 0.3 is 6.03 Å². The summed E-state index contributed by atoms with van der Waals surface area (Å²) >= 11 is 0. The second-order valence-electron chi connectivity index (χ2n) is 8.93. The van der Waals surface area contributed by atoms with Gasteiger partial charge in [0.2, 0.25) is 0 Å². The topological polar surface area (TPSA) is 86.7 Å². The molecule has 156 valence electrons. The number of hydrogen-bond donors (Lipinski definition) is 0. The van der Waals surface area contributed by atoms with Crippen LogP contribution in [0.25, 0.3) is 0 Å². The van der Waals surface area contributed by atoms with E-state index in [1.165, 1.54) is 17.5 Å². The minimum atomic E-state index is -0.815. The van der Waals surface area contributed by atoms with E-state index < -0.39 is 5.54 Å². The fourth-order valence-electron chi connectivity index (χ4n) is 4.64. The molecule has 3 heterocycles. The van der Waals surface area contributed by atoms with Crippen LogP contribution >= 0.6 is 0 Å². The van der Waals surface area contributed by atoms with Crippen molar-refractivity contribution in [2.75, 3.05) is 26.2 Å². The zero-order valence-corrected chi connectivity index (χ0v) is 17.2. The standard InChI is InChI=1S/C21H29N5O3/c1-15(2)13-26-20(29)25(14-16-5-3-6-16)19(28)21(26)8-11-24(12-9-21)18(27)17-7-4-10-22-23-17/h4,7,10,15-16H,3,5-6,8-9,11-14H2,1-2H3. The number of carbonyl (C=O) groups excluding carboxylic acids is 3. The van der Waals surface area contributed by atoms with Gasteiger partial charge in [0.05, 0.1) is 0 Å². The van der Waals surface area contributed by atoms with Gasteiger partial charge in [-0.3, -0.25) is 14.5 Å². The Labute approximate surface area is 171 Å². The summed E-state index contributed by atoms with van der Waals surface area (Å²) in [4.78, 5) is 44.3. The van der Waals surface area contributed by atoms with Crippen LogP contribution in [0.5, 0.6) is 0 Å². The third-order valence-corrected chi connectivity index (χ3v) is 6.50. The largest absolute Gasteiger partial charge is 0.337 e. The molecular formula is C21H29N5O3. The zero-order chi connectivity index (χ0) is 20.6. The number of amides is 4. The van der Waals surface area contributed by atoms with E-state index in [9.17, 15) is 14.4 Å². The highest BCUT2D eigenvalue weighted by Crippen LogP contribution is 2.39. The Bertz CT molecular complexity index is 785. The van der Waals surface area contributed by atoms with Crippen LogP contribution in [0.15, 0.2) is 18.3 Å². The van der Waals surface area contributed by atoms with Crippen molar-refractivity contribution in [2.24, 2.45) is 11.8 Å². The second kappa shape index (κ2) is 7.72. The van der Waals surface area contributed by atoms with E-state index in [1.54, 1.807) is 21.9 Å². The lowest BCUT2D eigenvalue weighted by Gasteiger charge is -2.42. The highest BCUT2D eigenvalue weighted by molar-refractivity contribution is 6.07. The number of hydrogen-bond acceptors (Lipinski definition) is 5. The molecule has 2 saturated heterocycles. The molecule has 2 aliphatic heterocycles. The van der Waals surface area contributed by atoms with E-state index in [2.05, 4.69) is 24.0 Å². The molecule has 1 aromatic heterocycles. The summed E-state index contributed by atoms with van der Waals surface area (Å²) in [7, 11) is 0. The molecule has 8 heteroatoms. The van der Waals surface area contributed by atoms with Gasteiger partial charge in [0.15, 0.2) is 5.69 Å². The minimum absolute atomic E-state index is 0.0679. The van der Waals surface area contributed by atoms with E-state index in [-0.39, 0.29) is 23.8 Å². The molecule has 1 saturated carbocycles. The van der Waals surface area contributed by atoms with Gasteiger partial charge in [0, 0.05) is 32.4 Å². The molecule has 1 aromatic rings. The molecule has 3 fully saturated rings. The average molecular weight is 399 g/mol. The normalized spacial score (nSPS) is 22.0. The van der Waals surface area contributed by atoms with E-state index in [1.807, 2.05) is 0 Å². The molecule has 4 amide bonds. The molecule has 4 rings (SSSR count). The van der Waals surface area contributed by atoms with Gasteiger partial charge in [-0.25, -0.2) is 4.79 Å². The van der Waals surface area contributed by atoms with Crippen LogP contribution in [-0.2, 0) is 4.79 Å². The fraction of sp³-hybridized carbons (Fsp3) is 0.667. The molecule has 29 heavy (non-hydrogen) atoms. The first-order valence-corrected chi connectivity index (χ1v) is 10.6. The quantitative estimate of drug-likeness (QED) is 0.708. The molecule has 1 spiro atoms. The monoisotopic (exact) mass is 399 g/mol. The molecule has 0 bridgehead atoms. The number of aromatic nitrogens is 2. The van der Waals surface area contributed by atoms with Crippen LogP contribution in [0.2, 0.25) is 0 Å². The molecule has 0 unspecified atom stereocenters. The van der Waals surface area contributed by atoms with Crippen molar-refractivity contribution < 1.29 is 14.4 Å². The van der Waals surface area contributed by atoms with Gasteiger partial charge in [0.25, 0.3) is 11.8 Å². The number of carbonyl (C=O) groups is 3. The first-order valence-electron chi connectivity index (χ1n) is 10.6. The van der Waals surface area contributed by atoms with Crippen molar-refractivity contribution >= 4 is 17.8 Å². The number of likely N-dealkylation sites (tertiary alicyclic amines) is 1. The van der Waals surface area contributed by atoms with Crippen LogP contribution in [0.3, 0.4) is 0 Å². The van der Waals surface area contributed by atoms with Crippen LogP contribution in [0, 0.1) is 11.8 Å². The number of imide groups is 1. The van der Waals surface area contributed by atoms with Gasteiger partial charge < -0.3 is 9.80 Å². The van der Waals surface area contributed by atoms with E-state index in [4.69, 9.17) is 0 Å². The molecule has 0 aromatic carbocycles. The van der Waals surface area contributed by atoms with E-state index >= 15 is 0 Å². The van der Waals surface area contributed by atoms with Crippen LogP contribution in [-0.4, -0.2) is 74.5 Å². The van der Waals surface area contributed by atoms with Crippen LogP contribution < -0.4 is 0 Å². The predicted molar refractivity (Wildman–Crippen MR) is 106 cm³/mol. The van der Waals surface area contributed by atoms with E-state index in [0.29, 0.717) is 50.6 Å². The number of rotatable bonds is 5. The summed E-state index contributed by atoms with van der Waals surface area (Å²) in [6.07, 6.45) is 5.84. The number of urea groups is 1. The Kier molecular flexibility index (Phi) is 5.27. The third kappa shape index (κ3) is 3.49. The average Bonchev–Trinajstić information content (AvgIpc) is 2.87. The maximum Gasteiger partial charge on any atom is 0.327 e. The Hall–Kier alpha value is -2.51. The molecule has 8 nitrogen and oxygen atoms in total. The third-order valence-electron chi connectivity index (χ3n) is 6.50. The predicted octanol–water partition coefficient (Wildman–Crippen LogP) is 2.17. The molecule has 0 radical (unpaired) electrons. The highest BCUT2D eigenvalue weighted by Gasteiger charge is 2.58.